The largest absolute Gasteiger partial charge is 0.357 e. The van der Waals surface area contributed by atoms with Crippen LogP contribution in [0, 0.1) is 0 Å². The summed E-state index contributed by atoms with van der Waals surface area (Å²) < 4.78 is 0. The summed E-state index contributed by atoms with van der Waals surface area (Å²) >= 11 is 0. The van der Waals surface area contributed by atoms with Crippen molar-refractivity contribution in [3.05, 3.63) is 18.1 Å². The van der Waals surface area contributed by atoms with Gasteiger partial charge in [-0.15, -0.1) is 0 Å². The molecule has 3 heteroatoms. The summed E-state index contributed by atoms with van der Waals surface area (Å²) in [7, 11) is 0. The maximum Gasteiger partial charge on any atom is 0.133 e. The van der Waals surface area contributed by atoms with Crippen LogP contribution in [0.25, 0.3) is 0 Å². The number of rotatable bonds is 2. The SMILES string of the molecule is c1cc(N2CCCCC2)nc(C2CC2)n1. The van der Waals surface area contributed by atoms with Gasteiger partial charge >= 0.3 is 0 Å². The summed E-state index contributed by atoms with van der Waals surface area (Å²) in [6.07, 6.45) is 8.47. The zero-order valence-electron chi connectivity index (χ0n) is 9.02. The predicted molar refractivity (Wildman–Crippen MR) is 60.1 cm³/mol. The molecule has 1 saturated heterocycles. The van der Waals surface area contributed by atoms with E-state index in [-0.39, 0.29) is 0 Å². The zero-order valence-corrected chi connectivity index (χ0v) is 9.02. The smallest absolute Gasteiger partial charge is 0.133 e. The van der Waals surface area contributed by atoms with Crippen molar-refractivity contribution in [1.82, 2.24) is 9.97 Å². The van der Waals surface area contributed by atoms with Gasteiger partial charge in [0.15, 0.2) is 0 Å². The summed E-state index contributed by atoms with van der Waals surface area (Å²) in [6.45, 7) is 2.34. The third kappa shape index (κ3) is 1.96. The first-order valence-electron chi connectivity index (χ1n) is 6.01. The lowest BCUT2D eigenvalue weighted by Crippen LogP contribution is -2.30. The lowest BCUT2D eigenvalue weighted by Gasteiger charge is -2.27. The van der Waals surface area contributed by atoms with E-state index in [9.17, 15) is 0 Å². The van der Waals surface area contributed by atoms with Gasteiger partial charge in [0.2, 0.25) is 0 Å². The van der Waals surface area contributed by atoms with E-state index in [1.165, 1.54) is 45.2 Å². The van der Waals surface area contributed by atoms with E-state index >= 15 is 0 Å². The fourth-order valence-corrected chi connectivity index (χ4v) is 2.20. The molecule has 1 aromatic rings. The summed E-state index contributed by atoms with van der Waals surface area (Å²) in [4.78, 5) is 11.4. The van der Waals surface area contributed by atoms with Gasteiger partial charge in [-0.2, -0.15) is 0 Å². The van der Waals surface area contributed by atoms with Crippen LogP contribution in [0.3, 0.4) is 0 Å². The van der Waals surface area contributed by atoms with Crippen LogP contribution in [0.5, 0.6) is 0 Å². The molecule has 1 aliphatic carbocycles. The Labute approximate surface area is 90.5 Å². The highest BCUT2D eigenvalue weighted by atomic mass is 15.2. The summed E-state index contributed by atoms with van der Waals surface area (Å²) in [6, 6.07) is 2.05. The third-order valence-corrected chi connectivity index (χ3v) is 3.28. The minimum Gasteiger partial charge on any atom is -0.357 e. The molecule has 2 fully saturated rings. The molecule has 0 atom stereocenters. The second-order valence-corrected chi connectivity index (χ2v) is 4.60. The highest BCUT2D eigenvalue weighted by molar-refractivity contribution is 5.38. The molecule has 0 unspecified atom stereocenters. The third-order valence-electron chi connectivity index (χ3n) is 3.28. The normalized spacial score (nSPS) is 21.7. The minimum atomic E-state index is 0.662. The number of aromatic nitrogens is 2. The quantitative estimate of drug-likeness (QED) is 0.738. The first-order chi connectivity index (χ1) is 7.43. The zero-order chi connectivity index (χ0) is 10.1. The van der Waals surface area contributed by atoms with Crippen molar-refractivity contribution >= 4 is 5.82 Å². The first kappa shape index (κ1) is 9.13. The van der Waals surface area contributed by atoms with Crippen LogP contribution < -0.4 is 4.90 Å². The minimum absolute atomic E-state index is 0.662. The molecule has 15 heavy (non-hydrogen) atoms. The van der Waals surface area contributed by atoms with Crippen LogP contribution in [0.15, 0.2) is 12.3 Å². The Morgan fingerprint density at radius 2 is 1.93 bits per heavy atom. The van der Waals surface area contributed by atoms with Crippen LogP contribution >= 0.6 is 0 Å². The molecule has 2 heterocycles. The van der Waals surface area contributed by atoms with Crippen molar-refractivity contribution in [2.24, 2.45) is 0 Å². The molecule has 0 amide bonds. The van der Waals surface area contributed by atoms with Crippen LogP contribution in [0.4, 0.5) is 5.82 Å². The van der Waals surface area contributed by atoms with E-state index in [0.717, 1.165) is 11.6 Å². The second kappa shape index (κ2) is 3.80. The van der Waals surface area contributed by atoms with Gasteiger partial charge in [-0.1, -0.05) is 0 Å². The molecule has 2 aliphatic rings. The van der Waals surface area contributed by atoms with Crippen molar-refractivity contribution in [2.45, 2.75) is 38.0 Å². The molecule has 1 saturated carbocycles. The topological polar surface area (TPSA) is 29.0 Å². The molecule has 0 radical (unpaired) electrons. The van der Waals surface area contributed by atoms with E-state index < -0.39 is 0 Å². The molecule has 1 aromatic heterocycles. The van der Waals surface area contributed by atoms with Gasteiger partial charge in [-0.05, 0) is 38.2 Å². The Balaban J connectivity index is 1.80. The molecule has 0 aromatic carbocycles. The maximum absolute atomic E-state index is 4.67. The highest BCUT2D eigenvalue weighted by Gasteiger charge is 2.27. The summed E-state index contributed by atoms with van der Waals surface area (Å²) in [5, 5.41) is 0. The van der Waals surface area contributed by atoms with Gasteiger partial charge in [0, 0.05) is 25.2 Å². The molecule has 80 valence electrons. The van der Waals surface area contributed by atoms with Gasteiger partial charge in [-0.25, -0.2) is 9.97 Å². The Bertz CT molecular complexity index is 340. The number of nitrogens with zero attached hydrogens (tertiary/aromatic N) is 3. The molecular weight excluding hydrogens is 186 g/mol. The molecule has 0 spiro atoms. The van der Waals surface area contributed by atoms with Crippen molar-refractivity contribution in [3.63, 3.8) is 0 Å². The van der Waals surface area contributed by atoms with Crippen molar-refractivity contribution in [2.75, 3.05) is 18.0 Å². The Kier molecular flexibility index (Phi) is 2.31. The van der Waals surface area contributed by atoms with Crippen LogP contribution in [0.2, 0.25) is 0 Å². The number of piperidine rings is 1. The molecule has 3 nitrogen and oxygen atoms in total. The highest BCUT2D eigenvalue weighted by Crippen LogP contribution is 2.38. The van der Waals surface area contributed by atoms with Gasteiger partial charge in [0.25, 0.3) is 0 Å². The summed E-state index contributed by atoms with van der Waals surface area (Å²) in [5.41, 5.74) is 0. The van der Waals surface area contributed by atoms with Crippen molar-refractivity contribution < 1.29 is 0 Å². The Hall–Kier alpha value is -1.12. The fourth-order valence-electron chi connectivity index (χ4n) is 2.20. The lowest BCUT2D eigenvalue weighted by molar-refractivity contribution is 0.572. The molecule has 1 aliphatic heterocycles. The molecular formula is C12H17N3. The van der Waals surface area contributed by atoms with Gasteiger partial charge in [0.05, 0.1) is 0 Å². The maximum atomic E-state index is 4.67. The Morgan fingerprint density at radius 3 is 2.67 bits per heavy atom. The average molecular weight is 203 g/mol. The Morgan fingerprint density at radius 1 is 1.13 bits per heavy atom. The second-order valence-electron chi connectivity index (χ2n) is 4.60. The van der Waals surface area contributed by atoms with E-state index in [1.54, 1.807) is 0 Å². The van der Waals surface area contributed by atoms with E-state index in [0.29, 0.717) is 5.92 Å². The molecule has 0 N–H and O–H groups in total. The first-order valence-corrected chi connectivity index (χ1v) is 6.01. The van der Waals surface area contributed by atoms with E-state index in [2.05, 4.69) is 20.9 Å². The van der Waals surface area contributed by atoms with Crippen molar-refractivity contribution in [3.8, 4) is 0 Å². The monoisotopic (exact) mass is 203 g/mol. The van der Waals surface area contributed by atoms with E-state index in [4.69, 9.17) is 0 Å². The molecule has 0 bridgehead atoms. The van der Waals surface area contributed by atoms with Gasteiger partial charge in [-0.3, -0.25) is 0 Å². The lowest BCUT2D eigenvalue weighted by atomic mass is 10.1. The average Bonchev–Trinajstić information content (AvgIpc) is 3.14. The van der Waals surface area contributed by atoms with Crippen LogP contribution in [-0.2, 0) is 0 Å². The fraction of sp³-hybridized carbons (Fsp3) is 0.667. The standard InChI is InChI=1S/C12H17N3/c1-2-8-15(9-3-1)11-6-7-13-12(14-11)10-4-5-10/h6-7,10H,1-5,8-9H2. The number of hydrogen-bond acceptors (Lipinski definition) is 3. The van der Waals surface area contributed by atoms with Crippen molar-refractivity contribution in [1.29, 1.82) is 0 Å². The van der Waals surface area contributed by atoms with E-state index in [1.807, 2.05) is 6.20 Å². The van der Waals surface area contributed by atoms with Gasteiger partial charge in [0.1, 0.15) is 11.6 Å². The number of anilines is 1. The van der Waals surface area contributed by atoms with Gasteiger partial charge < -0.3 is 4.90 Å². The molecule has 3 rings (SSSR count). The van der Waals surface area contributed by atoms with Crippen LogP contribution in [-0.4, -0.2) is 23.1 Å². The van der Waals surface area contributed by atoms with Crippen LogP contribution in [0.1, 0.15) is 43.8 Å². The predicted octanol–water partition coefficient (Wildman–Crippen LogP) is 2.34. The number of hydrogen-bond donors (Lipinski definition) is 0. The summed E-state index contributed by atoms with van der Waals surface area (Å²) in [5.74, 6) is 2.87.